The molecule has 0 heterocycles. The van der Waals surface area contributed by atoms with Gasteiger partial charge in [-0.2, -0.15) is 0 Å². The van der Waals surface area contributed by atoms with Crippen molar-refractivity contribution in [3.05, 3.63) is 94.0 Å². The first kappa shape index (κ1) is 22.8. The van der Waals surface area contributed by atoms with Crippen LogP contribution >= 0.6 is 11.6 Å². The minimum atomic E-state index is -3.98. The second kappa shape index (κ2) is 9.54. The number of nitrogens with one attached hydrogen (secondary N) is 2. The highest BCUT2D eigenvalue weighted by Gasteiger charge is 2.22. The molecule has 0 aliphatic rings. The Kier molecular flexibility index (Phi) is 7.03. The summed E-state index contributed by atoms with van der Waals surface area (Å²) in [6.45, 7) is 5.79. The highest BCUT2D eigenvalue weighted by atomic mass is 35.5. The summed E-state index contributed by atoms with van der Waals surface area (Å²) < 4.78 is 28.5. The SMILES string of the molecule is CCC(NC(=O)c1ccc(Cl)c(S(=O)(=O)Nc2ccccc2C)c1)c1ccc(C)cc1. The van der Waals surface area contributed by atoms with Crippen molar-refractivity contribution in [3.63, 3.8) is 0 Å². The molecular formula is C24H25ClN2O3S. The van der Waals surface area contributed by atoms with E-state index >= 15 is 0 Å². The smallest absolute Gasteiger partial charge is 0.263 e. The van der Waals surface area contributed by atoms with Crippen LogP contribution in [0.4, 0.5) is 5.69 Å². The summed E-state index contributed by atoms with van der Waals surface area (Å²) in [5.74, 6) is -0.364. The number of rotatable bonds is 7. The van der Waals surface area contributed by atoms with Crippen LogP contribution in [0.1, 0.15) is 46.4 Å². The molecule has 0 bridgehead atoms. The van der Waals surface area contributed by atoms with Crippen molar-refractivity contribution < 1.29 is 13.2 Å². The van der Waals surface area contributed by atoms with Crippen LogP contribution in [-0.4, -0.2) is 14.3 Å². The van der Waals surface area contributed by atoms with Crippen LogP contribution in [0.25, 0.3) is 0 Å². The van der Waals surface area contributed by atoms with E-state index in [9.17, 15) is 13.2 Å². The molecule has 3 aromatic carbocycles. The van der Waals surface area contributed by atoms with E-state index in [-0.39, 0.29) is 27.4 Å². The Balaban J connectivity index is 1.86. The molecule has 0 spiro atoms. The maximum Gasteiger partial charge on any atom is 0.263 e. The van der Waals surface area contributed by atoms with Gasteiger partial charge in [-0.3, -0.25) is 9.52 Å². The topological polar surface area (TPSA) is 75.3 Å². The highest BCUT2D eigenvalue weighted by molar-refractivity contribution is 7.92. The summed E-state index contributed by atoms with van der Waals surface area (Å²) in [5, 5.41) is 3.02. The van der Waals surface area contributed by atoms with Crippen molar-refractivity contribution in [1.29, 1.82) is 0 Å². The second-order valence-electron chi connectivity index (χ2n) is 7.41. The molecule has 0 saturated carbocycles. The third kappa shape index (κ3) is 5.46. The van der Waals surface area contributed by atoms with E-state index < -0.39 is 10.0 Å². The van der Waals surface area contributed by atoms with Crippen molar-refractivity contribution in [2.45, 2.75) is 38.1 Å². The lowest BCUT2D eigenvalue weighted by Gasteiger charge is -2.18. The zero-order valence-corrected chi connectivity index (χ0v) is 19.2. The Hall–Kier alpha value is -2.83. The Bertz CT molecular complexity index is 1190. The molecule has 31 heavy (non-hydrogen) atoms. The highest BCUT2D eigenvalue weighted by Crippen LogP contribution is 2.27. The first-order valence-electron chi connectivity index (χ1n) is 9.96. The largest absolute Gasteiger partial charge is 0.345 e. The number of benzene rings is 3. The average molecular weight is 457 g/mol. The second-order valence-corrected chi connectivity index (χ2v) is 9.47. The van der Waals surface area contributed by atoms with Gasteiger partial charge >= 0.3 is 0 Å². The standard InChI is InChI=1S/C24H25ClN2O3S/c1-4-21(18-11-9-16(2)10-12-18)26-24(28)19-13-14-20(25)23(15-19)31(29,30)27-22-8-6-5-7-17(22)3/h5-15,21,27H,4H2,1-3H3,(H,26,28). The van der Waals surface area contributed by atoms with Crippen LogP contribution < -0.4 is 10.0 Å². The number of sulfonamides is 1. The number of hydrogen-bond acceptors (Lipinski definition) is 3. The van der Waals surface area contributed by atoms with Gasteiger partial charge in [-0.1, -0.05) is 66.6 Å². The first-order chi connectivity index (χ1) is 14.7. The summed E-state index contributed by atoms with van der Waals surface area (Å²) >= 11 is 6.18. The molecule has 3 aromatic rings. The van der Waals surface area contributed by atoms with Crippen molar-refractivity contribution in [2.75, 3.05) is 4.72 Å². The van der Waals surface area contributed by atoms with Crippen molar-refractivity contribution in [3.8, 4) is 0 Å². The van der Waals surface area contributed by atoms with Gasteiger partial charge in [0.1, 0.15) is 4.90 Å². The number of anilines is 1. The van der Waals surface area contributed by atoms with E-state index in [4.69, 9.17) is 11.6 Å². The molecule has 1 unspecified atom stereocenters. The van der Waals surface area contributed by atoms with Gasteiger partial charge in [-0.15, -0.1) is 0 Å². The number of hydrogen-bond donors (Lipinski definition) is 2. The predicted octanol–water partition coefficient (Wildman–Crippen LogP) is 5.64. The van der Waals surface area contributed by atoms with Crippen molar-refractivity contribution in [1.82, 2.24) is 5.32 Å². The lowest BCUT2D eigenvalue weighted by molar-refractivity contribution is 0.0935. The van der Waals surface area contributed by atoms with Crippen LogP contribution in [0.2, 0.25) is 5.02 Å². The zero-order valence-electron chi connectivity index (χ0n) is 17.6. The Morgan fingerprint density at radius 3 is 2.32 bits per heavy atom. The van der Waals surface area contributed by atoms with Crippen LogP contribution in [0.15, 0.2) is 71.6 Å². The minimum Gasteiger partial charge on any atom is -0.345 e. The zero-order chi connectivity index (χ0) is 22.6. The quantitative estimate of drug-likeness (QED) is 0.483. The van der Waals surface area contributed by atoms with Gasteiger partial charge in [-0.25, -0.2) is 8.42 Å². The van der Waals surface area contributed by atoms with E-state index in [0.717, 1.165) is 16.7 Å². The van der Waals surface area contributed by atoms with Crippen LogP contribution in [0, 0.1) is 13.8 Å². The number of carbonyl (C=O) groups excluding carboxylic acids is 1. The number of para-hydroxylation sites is 1. The third-order valence-corrected chi connectivity index (χ3v) is 6.91. The Morgan fingerprint density at radius 1 is 1.00 bits per heavy atom. The van der Waals surface area contributed by atoms with Gasteiger partial charge < -0.3 is 5.32 Å². The molecular weight excluding hydrogens is 432 g/mol. The average Bonchev–Trinajstić information content (AvgIpc) is 2.74. The Morgan fingerprint density at radius 2 is 1.68 bits per heavy atom. The lowest BCUT2D eigenvalue weighted by atomic mass is 10.0. The number of carbonyl (C=O) groups is 1. The fraction of sp³-hybridized carbons (Fsp3) is 0.208. The fourth-order valence-corrected chi connectivity index (χ4v) is 4.86. The molecule has 1 amide bonds. The maximum atomic E-state index is 13.0. The molecule has 0 aliphatic carbocycles. The molecule has 5 nitrogen and oxygen atoms in total. The normalized spacial score (nSPS) is 12.3. The van der Waals surface area contributed by atoms with Gasteiger partial charge in [0.25, 0.3) is 15.9 Å². The van der Waals surface area contributed by atoms with E-state index in [1.807, 2.05) is 44.2 Å². The lowest BCUT2D eigenvalue weighted by Crippen LogP contribution is -2.28. The van der Waals surface area contributed by atoms with E-state index in [2.05, 4.69) is 10.0 Å². The summed E-state index contributed by atoms with van der Waals surface area (Å²) in [6.07, 6.45) is 0.697. The first-order valence-corrected chi connectivity index (χ1v) is 11.8. The molecule has 2 N–H and O–H groups in total. The third-order valence-electron chi connectivity index (χ3n) is 5.07. The van der Waals surface area contributed by atoms with E-state index in [0.29, 0.717) is 12.1 Å². The monoisotopic (exact) mass is 456 g/mol. The van der Waals surface area contributed by atoms with Gasteiger partial charge in [0.05, 0.1) is 16.8 Å². The molecule has 7 heteroatoms. The molecule has 0 aromatic heterocycles. The summed E-state index contributed by atoms with van der Waals surface area (Å²) in [4.78, 5) is 12.7. The fourth-order valence-electron chi connectivity index (χ4n) is 3.20. The summed E-state index contributed by atoms with van der Waals surface area (Å²) in [5.41, 5.74) is 3.59. The number of halogens is 1. The molecule has 162 valence electrons. The van der Waals surface area contributed by atoms with Crippen LogP contribution in [0.5, 0.6) is 0 Å². The molecule has 0 radical (unpaired) electrons. The van der Waals surface area contributed by atoms with Gasteiger partial charge in [0.15, 0.2) is 0 Å². The summed E-state index contributed by atoms with van der Waals surface area (Å²) in [7, 11) is -3.98. The Labute approximate surface area is 188 Å². The molecule has 0 fully saturated rings. The van der Waals surface area contributed by atoms with Crippen LogP contribution in [0.3, 0.4) is 0 Å². The van der Waals surface area contributed by atoms with Crippen LogP contribution in [-0.2, 0) is 10.0 Å². The maximum absolute atomic E-state index is 13.0. The molecule has 0 saturated heterocycles. The van der Waals surface area contributed by atoms with E-state index in [1.54, 1.807) is 25.1 Å². The number of amides is 1. The molecule has 3 rings (SSSR count). The predicted molar refractivity (Wildman–Crippen MR) is 125 cm³/mol. The van der Waals surface area contributed by atoms with Crippen molar-refractivity contribution in [2.24, 2.45) is 0 Å². The van der Waals surface area contributed by atoms with Crippen molar-refractivity contribution >= 4 is 33.2 Å². The van der Waals surface area contributed by atoms with Gasteiger partial charge in [0.2, 0.25) is 0 Å². The van der Waals surface area contributed by atoms with Gasteiger partial charge in [-0.05, 0) is 55.7 Å². The van der Waals surface area contributed by atoms with E-state index in [1.165, 1.54) is 18.2 Å². The molecule has 0 aliphatic heterocycles. The van der Waals surface area contributed by atoms with Gasteiger partial charge in [0, 0.05) is 5.56 Å². The minimum absolute atomic E-state index is 0.0446. The summed E-state index contributed by atoms with van der Waals surface area (Å²) in [6, 6.07) is 19.1. The molecule has 1 atom stereocenters. The number of aryl methyl sites for hydroxylation is 2.